The van der Waals surface area contributed by atoms with Gasteiger partial charge < -0.3 is 15.2 Å². The number of aliphatic hydroxyl groups is 1. The zero-order valence-electron chi connectivity index (χ0n) is 13.9. The van der Waals surface area contributed by atoms with Crippen LogP contribution in [0.5, 0.6) is 5.75 Å². The van der Waals surface area contributed by atoms with E-state index in [0.29, 0.717) is 23.1 Å². The number of aromatic nitrogens is 2. The zero-order valence-corrected chi connectivity index (χ0v) is 16.2. The van der Waals surface area contributed by atoms with E-state index in [4.69, 9.17) is 16.3 Å². The Morgan fingerprint density at radius 1 is 1.25 bits per heavy atom. The molecular formula is C17H21BrClN3O2. The van der Waals surface area contributed by atoms with Gasteiger partial charge in [0.1, 0.15) is 18.5 Å². The molecule has 0 saturated carbocycles. The minimum atomic E-state index is -0.614. The maximum absolute atomic E-state index is 10.1. The third kappa shape index (κ3) is 6.02. The first-order chi connectivity index (χ1) is 11.2. The molecule has 1 aromatic heterocycles. The number of hydrogen-bond donors (Lipinski definition) is 2. The fourth-order valence-electron chi connectivity index (χ4n) is 1.96. The second-order valence-electron chi connectivity index (χ2n) is 6.48. The molecule has 1 heterocycles. The summed E-state index contributed by atoms with van der Waals surface area (Å²) in [5, 5.41) is 21.6. The van der Waals surface area contributed by atoms with Crippen LogP contribution in [0.4, 0.5) is 0 Å². The summed E-state index contributed by atoms with van der Waals surface area (Å²) in [6, 6.07) is 9.06. The lowest BCUT2D eigenvalue weighted by Crippen LogP contribution is -2.42. The summed E-state index contributed by atoms with van der Waals surface area (Å²) in [6.07, 6.45) is -0.614. The third-order valence-corrected chi connectivity index (χ3v) is 3.84. The minimum Gasteiger partial charge on any atom is -0.490 e. The summed E-state index contributed by atoms with van der Waals surface area (Å²) < 4.78 is 6.69. The second kappa shape index (κ2) is 8.25. The maximum atomic E-state index is 10.1. The normalized spacial score (nSPS) is 12.9. The van der Waals surface area contributed by atoms with Crippen molar-refractivity contribution in [3.05, 3.63) is 40.0 Å². The summed E-state index contributed by atoms with van der Waals surface area (Å²) in [6.45, 7) is 6.78. The SMILES string of the molecule is CC(C)(C)NCC(O)COc1ccc(Br)cc1-c1ccc(Cl)nn1. The minimum absolute atomic E-state index is 0.0529. The first-order valence-corrected chi connectivity index (χ1v) is 8.77. The lowest BCUT2D eigenvalue weighted by atomic mass is 10.1. The van der Waals surface area contributed by atoms with Gasteiger partial charge in [0.2, 0.25) is 0 Å². The largest absolute Gasteiger partial charge is 0.490 e. The highest BCUT2D eigenvalue weighted by Crippen LogP contribution is 2.31. The Morgan fingerprint density at radius 3 is 2.62 bits per heavy atom. The number of nitrogens with zero attached hydrogens (tertiary/aromatic N) is 2. The Kier molecular flexibility index (Phi) is 6.57. The molecular weight excluding hydrogens is 394 g/mol. The van der Waals surface area contributed by atoms with E-state index >= 15 is 0 Å². The molecule has 2 N–H and O–H groups in total. The van der Waals surface area contributed by atoms with E-state index in [1.807, 2.05) is 39.0 Å². The molecule has 130 valence electrons. The molecule has 0 fully saturated rings. The average molecular weight is 415 g/mol. The molecule has 1 atom stereocenters. The van der Waals surface area contributed by atoms with Gasteiger partial charge in [-0.1, -0.05) is 27.5 Å². The summed E-state index contributed by atoms with van der Waals surface area (Å²) in [7, 11) is 0. The number of aliphatic hydroxyl groups excluding tert-OH is 1. The molecule has 0 aliphatic rings. The lowest BCUT2D eigenvalue weighted by Gasteiger charge is -2.23. The van der Waals surface area contributed by atoms with Crippen molar-refractivity contribution < 1.29 is 9.84 Å². The highest BCUT2D eigenvalue weighted by atomic mass is 79.9. The van der Waals surface area contributed by atoms with E-state index in [0.717, 1.165) is 10.0 Å². The molecule has 0 spiro atoms. The zero-order chi connectivity index (χ0) is 17.7. The lowest BCUT2D eigenvalue weighted by molar-refractivity contribution is 0.100. The Hall–Kier alpha value is -1.21. The molecule has 0 radical (unpaired) electrons. The second-order valence-corrected chi connectivity index (χ2v) is 7.78. The Labute approximate surface area is 155 Å². The molecule has 5 nitrogen and oxygen atoms in total. The number of β-amino-alcohol motifs (C(OH)–C–C–N with tert-alkyl or cyclic N) is 1. The molecule has 0 aliphatic carbocycles. The van der Waals surface area contributed by atoms with Crippen LogP contribution in [-0.4, -0.2) is 40.1 Å². The van der Waals surface area contributed by atoms with E-state index in [-0.39, 0.29) is 12.1 Å². The topological polar surface area (TPSA) is 67.3 Å². The van der Waals surface area contributed by atoms with Crippen LogP contribution in [0.25, 0.3) is 11.3 Å². The fraction of sp³-hybridized carbons (Fsp3) is 0.412. The van der Waals surface area contributed by atoms with Gasteiger partial charge in [-0.3, -0.25) is 0 Å². The molecule has 2 aromatic rings. The molecule has 1 unspecified atom stereocenters. The first-order valence-electron chi connectivity index (χ1n) is 7.59. The number of benzene rings is 1. The quantitative estimate of drug-likeness (QED) is 0.754. The van der Waals surface area contributed by atoms with Gasteiger partial charge >= 0.3 is 0 Å². The van der Waals surface area contributed by atoms with Crippen LogP contribution < -0.4 is 10.1 Å². The summed E-state index contributed by atoms with van der Waals surface area (Å²) in [4.78, 5) is 0. The maximum Gasteiger partial charge on any atom is 0.151 e. The molecule has 2 rings (SSSR count). The molecule has 1 aromatic carbocycles. The van der Waals surface area contributed by atoms with Gasteiger partial charge in [-0.15, -0.1) is 10.2 Å². The van der Waals surface area contributed by atoms with E-state index in [1.54, 1.807) is 12.1 Å². The molecule has 24 heavy (non-hydrogen) atoms. The molecule has 7 heteroatoms. The highest BCUT2D eigenvalue weighted by molar-refractivity contribution is 9.10. The number of nitrogens with one attached hydrogen (secondary N) is 1. The fourth-order valence-corrected chi connectivity index (χ4v) is 2.42. The van der Waals surface area contributed by atoms with Gasteiger partial charge in [-0.25, -0.2) is 0 Å². The van der Waals surface area contributed by atoms with Gasteiger partial charge in [0.05, 0.1) is 5.69 Å². The summed E-state index contributed by atoms with van der Waals surface area (Å²) in [5.74, 6) is 0.629. The average Bonchev–Trinajstić information content (AvgIpc) is 2.52. The van der Waals surface area contributed by atoms with Gasteiger partial charge in [0.15, 0.2) is 5.15 Å². The first kappa shape index (κ1) is 19.1. The molecule has 0 aliphatic heterocycles. The molecule has 0 saturated heterocycles. The van der Waals surface area contributed by atoms with Crippen LogP contribution in [0.2, 0.25) is 5.15 Å². The van der Waals surface area contributed by atoms with Gasteiger partial charge in [0, 0.05) is 22.1 Å². The van der Waals surface area contributed by atoms with Crippen molar-refractivity contribution in [2.45, 2.75) is 32.4 Å². The summed E-state index contributed by atoms with van der Waals surface area (Å²) >= 11 is 9.24. The Bertz CT molecular complexity index is 675. The van der Waals surface area contributed by atoms with E-state index in [9.17, 15) is 5.11 Å². The predicted octanol–water partition coefficient (Wildman–Crippen LogP) is 3.69. The van der Waals surface area contributed by atoms with Crippen molar-refractivity contribution in [3.63, 3.8) is 0 Å². The van der Waals surface area contributed by atoms with Crippen molar-refractivity contribution in [2.75, 3.05) is 13.2 Å². The number of ether oxygens (including phenoxy) is 1. The molecule has 0 bridgehead atoms. The van der Waals surface area contributed by atoms with Crippen molar-refractivity contribution in [3.8, 4) is 17.0 Å². The number of rotatable bonds is 6. The standard InChI is InChI=1S/C17H21BrClN3O2/c1-17(2,3)20-9-12(23)10-24-15-6-4-11(18)8-13(15)14-5-7-16(19)22-21-14/h4-8,12,20,23H,9-10H2,1-3H3. The van der Waals surface area contributed by atoms with Crippen molar-refractivity contribution in [1.29, 1.82) is 0 Å². The monoisotopic (exact) mass is 413 g/mol. The molecule has 0 amide bonds. The van der Waals surface area contributed by atoms with Gasteiger partial charge in [-0.05, 0) is 51.1 Å². The van der Waals surface area contributed by atoms with Crippen molar-refractivity contribution in [1.82, 2.24) is 15.5 Å². The van der Waals surface area contributed by atoms with Gasteiger partial charge in [0.25, 0.3) is 0 Å². The van der Waals surface area contributed by atoms with Crippen molar-refractivity contribution in [2.24, 2.45) is 0 Å². The van der Waals surface area contributed by atoms with Crippen LogP contribution >= 0.6 is 27.5 Å². The van der Waals surface area contributed by atoms with Crippen LogP contribution in [0.3, 0.4) is 0 Å². The number of hydrogen-bond acceptors (Lipinski definition) is 5. The van der Waals surface area contributed by atoms with E-state index in [2.05, 4.69) is 31.4 Å². The highest BCUT2D eigenvalue weighted by Gasteiger charge is 2.14. The predicted molar refractivity (Wildman–Crippen MR) is 99.4 cm³/mol. The van der Waals surface area contributed by atoms with E-state index < -0.39 is 6.10 Å². The van der Waals surface area contributed by atoms with Crippen LogP contribution in [0.1, 0.15) is 20.8 Å². The Balaban J connectivity index is 2.09. The Morgan fingerprint density at radius 2 is 2.00 bits per heavy atom. The van der Waals surface area contributed by atoms with Gasteiger partial charge in [-0.2, -0.15) is 0 Å². The van der Waals surface area contributed by atoms with Crippen LogP contribution in [-0.2, 0) is 0 Å². The van der Waals surface area contributed by atoms with E-state index in [1.165, 1.54) is 0 Å². The van der Waals surface area contributed by atoms with Crippen LogP contribution in [0, 0.1) is 0 Å². The summed E-state index contributed by atoms with van der Waals surface area (Å²) in [5.41, 5.74) is 1.38. The number of halogens is 2. The van der Waals surface area contributed by atoms with Crippen molar-refractivity contribution >= 4 is 27.5 Å². The van der Waals surface area contributed by atoms with Crippen LogP contribution in [0.15, 0.2) is 34.8 Å². The smallest absolute Gasteiger partial charge is 0.151 e. The third-order valence-electron chi connectivity index (χ3n) is 3.15.